The third-order valence-corrected chi connectivity index (χ3v) is 10.9. The van der Waals surface area contributed by atoms with Gasteiger partial charge >= 0.3 is 11.9 Å². The van der Waals surface area contributed by atoms with Crippen molar-refractivity contribution in [1.29, 1.82) is 0 Å². The van der Waals surface area contributed by atoms with Crippen LogP contribution in [-0.4, -0.2) is 128 Å². The normalized spacial score (nSPS) is 16.1. The second-order valence-electron chi connectivity index (χ2n) is 11.4. The first-order valence-electron chi connectivity index (χ1n) is 15.6. The molecule has 17 nitrogen and oxygen atoms in total. The number of piperazine rings is 1. The van der Waals surface area contributed by atoms with Crippen LogP contribution in [0.1, 0.15) is 12.0 Å². The van der Waals surface area contributed by atoms with Crippen molar-refractivity contribution in [1.82, 2.24) is 20.4 Å². The Kier molecular flexibility index (Phi) is 16.5. The fourth-order valence-corrected chi connectivity index (χ4v) is 8.84. The number of halogens is 4. The lowest BCUT2D eigenvalue weighted by Crippen LogP contribution is -2.52. The molecule has 2 aliphatic heterocycles. The molecular weight excluding hydrogens is 1160 g/mol. The van der Waals surface area contributed by atoms with Crippen molar-refractivity contribution in [2.75, 3.05) is 59.7 Å². The van der Waals surface area contributed by atoms with Crippen LogP contribution in [0, 0.1) is 14.3 Å². The number of hydrogen-bond acceptors (Lipinski definition) is 13. The second kappa shape index (κ2) is 20.3. The summed E-state index contributed by atoms with van der Waals surface area (Å²) >= 11 is 8.29. The lowest BCUT2D eigenvalue weighted by atomic mass is 10.1. The van der Waals surface area contributed by atoms with E-state index in [4.69, 9.17) is 23.7 Å². The Morgan fingerprint density at radius 2 is 1.40 bits per heavy atom. The van der Waals surface area contributed by atoms with Crippen molar-refractivity contribution in [2.24, 2.45) is 0 Å². The fraction of sp³-hybridized carbons (Fsp3) is 0.406. The molecule has 0 radical (unpaired) electrons. The summed E-state index contributed by atoms with van der Waals surface area (Å²) in [5.41, 5.74) is 0.730. The number of esters is 2. The van der Waals surface area contributed by atoms with Crippen molar-refractivity contribution in [3.8, 4) is 17.2 Å². The van der Waals surface area contributed by atoms with Gasteiger partial charge in [-0.05, 0) is 120 Å². The van der Waals surface area contributed by atoms with E-state index in [1.54, 1.807) is 12.1 Å². The number of nitrogens with one attached hydrogen (secondary N) is 2. The van der Waals surface area contributed by atoms with E-state index in [1.807, 2.05) is 62.6 Å². The summed E-state index contributed by atoms with van der Waals surface area (Å²) < 4.78 is 29.1. The lowest BCUT2D eigenvalue weighted by molar-refractivity contribution is -0.160. The minimum absolute atomic E-state index is 0.109. The highest BCUT2D eigenvalue weighted by molar-refractivity contribution is 14.1. The van der Waals surface area contributed by atoms with Gasteiger partial charge in [0, 0.05) is 32.6 Å². The second-order valence-corrected chi connectivity index (χ2v) is 16.1. The first-order valence-corrected chi connectivity index (χ1v) is 19.9. The Bertz CT molecular complexity index is 1720. The predicted octanol–water partition coefficient (Wildman–Crippen LogP) is 1.47. The number of imide groups is 1. The van der Waals surface area contributed by atoms with Gasteiger partial charge in [-0.15, -0.1) is 0 Å². The Morgan fingerprint density at radius 3 is 1.91 bits per heavy atom. The average Bonchev–Trinajstić information content (AvgIpc) is 3.43. The van der Waals surface area contributed by atoms with Crippen LogP contribution in [0.5, 0.6) is 17.2 Å². The molecular formula is C32H32I4N4O13. The Hall–Kier alpha value is -2.63. The number of amides is 5. The quantitative estimate of drug-likeness (QED) is 0.131. The van der Waals surface area contributed by atoms with Gasteiger partial charge in [0.1, 0.15) is 44.0 Å². The van der Waals surface area contributed by atoms with Crippen molar-refractivity contribution in [3.05, 3.63) is 44.1 Å². The number of hydrogen-bond donors (Lipinski definition) is 3. The van der Waals surface area contributed by atoms with Gasteiger partial charge in [0.2, 0.25) is 23.6 Å². The van der Waals surface area contributed by atoms with E-state index in [9.17, 15) is 38.7 Å². The number of ether oxygens (including phenoxy) is 5. The molecule has 5 amide bonds. The minimum atomic E-state index is -1.22. The molecule has 21 heteroatoms. The summed E-state index contributed by atoms with van der Waals surface area (Å²) in [7, 11) is 1.21. The number of rotatable bonds is 15. The number of phenols is 1. The Balaban J connectivity index is 1.18. The van der Waals surface area contributed by atoms with E-state index in [0.717, 1.165) is 12.7 Å². The van der Waals surface area contributed by atoms with Crippen LogP contribution < -0.4 is 15.4 Å². The summed E-state index contributed by atoms with van der Waals surface area (Å²) in [6.07, 6.45) is -1.37. The number of nitrogens with zero attached hydrogens (tertiary/aromatic N) is 2. The van der Waals surface area contributed by atoms with E-state index < -0.39 is 80.0 Å². The molecule has 4 rings (SSSR count). The van der Waals surface area contributed by atoms with Crippen molar-refractivity contribution in [2.45, 2.75) is 25.0 Å². The van der Waals surface area contributed by atoms with Gasteiger partial charge in [-0.3, -0.25) is 29.3 Å². The summed E-state index contributed by atoms with van der Waals surface area (Å²) in [5.74, 6) is -2.94. The van der Waals surface area contributed by atoms with E-state index >= 15 is 0 Å². The molecule has 0 aromatic heterocycles. The van der Waals surface area contributed by atoms with Gasteiger partial charge in [-0.25, -0.2) is 9.59 Å². The first kappa shape index (κ1) is 43.1. The Labute approximate surface area is 357 Å². The van der Waals surface area contributed by atoms with Crippen LogP contribution in [0.3, 0.4) is 0 Å². The number of carbonyl (C=O) groups excluding carboxylic acids is 7. The maximum absolute atomic E-state index is 12.7. The van der Waals surface area contributed by atoms with E-state index in [0.29, 0.717) is 18.6 Å². The van der Waals surface area contributed by atoms with Crippen LogP contribution in [0.4, 0.5) is 0 Å². The standard InChI is InChI=1S/C32H32I4N4O13/c1-49-32(48)22(8-16-6-20(35)30(21(36)7-16)52-17-9-18(33)29(46)19(34)10-17)37-25(42)12-50-13-26(43)39-2-4-40(5-3-39)27(44)14-51-15-28(45)53-23-11-24(41)38-31(23)47/h6-7,9-10,22-23,46H,2-5,8,11-15H2,1H3,(H,37,42)(H,38,41,47)/t22-,23?/m0/s1. The highest BCUT2D eigenvalue weighted by Gasteiger charge is 2.34. The highest BCUT2D eigenvalue weighted by Crippen LogP contribution is 2.37. The topological polar surface area (TPSA) is 216 Å². The molecule has 0 bridgehead atoms. The smallest absolute Gasteiger partial charge is 0.332 e. The summed E-state index contributed by atoms with van der Waals surface area (Å²) in [6.45, 7) is -1.12. The molecule has 2 aromatic rings. The molecule has 0 aliphatic carbocycles. The maximum Gasteiger partial charge on any atom is 0.332 e. The summed E-state index contributed by atoms with van der Waals surface area (Å²) in [5, 5.41) is 14.7. The molecule has 2 aliphatic rings. The number of phenolic OH excluding ortho intramolecular Hbond substituents is 1. The molecule has 0 spiro atoms. The molecule has 2 atom stereocenters. The van der Waals surface area contributed by atoms with Gasteiger partial charge in [-0.2, -0.15) is 0 Å². The first-order chi connectivity index (χ1) is 25.1. The van der Waals surface area contributed by atoms with E-state index in [1.165, 1.54) is 16.9 Å². The lowest BCUT2D eigenvalue weighted by Gasteiger charge is -2.34. The van der Waals surface area contributed by atoms with Crippen LogP contribution in [0.15, 0.2) is 24.3 Å². The predicted molar refractivity (Wildman–Crippen MR) is 216 cm³/mol. The third kappa shape index (κ3) is 12.7. The van der Waals surface area contributed by atoms with Gasteiger partial charge in [-0.1, -0.05) is 0 Å². The van der Waals surface area contributed by atoms with Gasteiger partial charge in [0.05, 0.1) is 27.8 Å². The van der Waals surface area contributed by atoms with Crippen LogP contribution >= 0.6 is 90.4 Å². The molecule has 286 valence electrons. The van der Waals surface area contributed by atoms with Crippen molar-refractivity contribution < 1.29 is 62.4 Å². The molecule has 2 fully saturated rings. The molecule has 1 unspecified atom stereocenters. The molecule has 3 N–H and O–H groups in total. The fourth-order valence-electron chi connectivity index (χ4n) is 5.01. The number of methoxy groups -OCH3 is 1. The maximum atomic E-state index is 12.7. The highest BCUT2D eigenvalue weighted by atomic mass is 127. The van der Waals surface area contributed by atoms with Crippen LogP contribution in [0.2, 0.25) is 0 Å². The van der Waals surface area contributed by atoms with Crippen molar-refractivity contribution >= 4 is 132 Å². The van der Waals surface area contributed by atoms with Crippen molar-refractivity contribution in [3.63, 3.8) is 0 Å². The van der Waals surface area contributed by atoms with Crippen LogP contribution in [0.25, 0.3) is 0 Å². The zero-order valence-corrected chi connectivity index (χ0v) is 36.4. The van der Waals surface area contributed by atoms with Gasteiger partial charge in [0.15, 0.2) is 11.9 Å². The molecule has 2 saturated heterocycles. The monoisotopic (exact) mass is 1190 g/mol. The van der Waals surface area contributed by atoms with E-state index in [2.05, 4.69) is 50.5 Å². The largest absolute Gasteiger partial charge is 0.506 e. The summed E-state index contributed by atoms with van der Waals surface area (Å²) in [4.78, 5) is 88.0. The average molecular weight is 1190 g/mol. The molecule has 0 saturated carbocycles. The zero-order valence-electron chi connectivity index (χ0n) is 27.8. The zero-order chi connectivity index (χ0) is 38.8. The molecule has 53 heavy (non-hydrogen) atoms. The molecule has 2 heterocycles. The number of aromatic hydroxyl groups is 1. The Morgan fingerprint density at radius 1 is 0.849 bits per heavy atom. The van der Waals surface area contributed by atoms with Crippen LogP contribution in [-0.2, 0) is 58.9 Å². The molecule has 2 aromatic carbocycles. The summed E-state index contributed by atoms with van der Waals surface area (Å²) in [6, 6.07) is 6.06. The third-order valence-electron chi connectivity index (χ3n) is 7.62. The minimum Gasteiger partial charge on any atom is -0.506 e. The SMILES string of the molecule is COC(=O)[C@H](Cc1cc(I)c(Oc2cc(I)c(O)c(I)c2)c(I)c1)NC(=O)COCC(=O)N1CCN(C(=O)COCC(=O)OC2CC(=O)NC2=O)CC1. The number of benzene rings is 2. The van der Waals surface area contributed by atoms with Gasteiger partial charge in [0.25, 0.3) is 5.91 Å². The van der Waals surface area contributed by atoms with Gasteiger partial charge < -0.3 is 43.9 Å². The van der Waals surface area contributed by atoms with E-state index in [-0.39, 0.29) is 44.8 Å². The number of carbonyl (C=O) groups is 7.